The van der Waals surface area contributed by atoms with Gasteiger partial charge in [0.05, 0.1) is 18.1 Å². The summed E-state index contributed by atoms with van der Waals surface area (Å²) in [6.07, 6.45) is 3.79. The fraction of sp³-hybridized carbons (Fsp3) is 0.214. The number of benzene rings is 1. The topological polar surface area (TPSA) is 42.9 Å². The molecule has 0 unspecified atom stereocenters. The molecule has 0 spiro atoms. The number of hydrogen-bond donors (Lipinski definition) is 0. The minimum absolute atomic E-state index is 0.0418. The first-order valence-electron chi connectivity index (χ1n) is 5.82. The fourth-order valence-corrected chi connectivity index (χ4v) is 1.77. The lowest BCUT2D eigenvalue weighted by atomic mass is 10.0. The van der Waals surface area contributed by atoms with Crippen LogP contribution in [0.4, 0.5) is 4.39 Å². The maximum Gasteiger partial charge on any atom is 0.163 e. The van der Waals surface area contributed by atoms with E-state index in [2.05, 4.69) is 9.97 Å². The molecule has 0 saturated heterocycles. The number of hydrogen-bond acceptors (Lipinski definition) is 3. The van der Waals surface area contributed by atoms with E-state index in [-0.39, 0.29) is 11.6 Å². The summed E-state index contributed by atoms with van der Waals surface area (Å²) in [6.45, 7) is 1.64. The van der Waals surface area contributed by atoms with E-state index in [0.29, 0.717) is 34.8 Å². The van der Waals surface area contributed by atoms with Gasteiger partial charge in [0.25, 0.3) is 0 Å². The Morgan fingerprint density at radius 3 is 2.74 bits per heavy atom. The molecule has 0 aliphatic carbocycles. The first-order chi connectivity index (χ1) is 9.06. The standard InChI is InChI=1S/C14H12ClFN2O/c1-9-6-10(2-4-12(9)16)13(19)5-3-11-7-18-14(15)8-17-11/h2,4,6-8H,3,5H2,1H3. The van der Waals surface area contributed by atoms with Gasteiger partial charge in [-0.25, -0.2) is 9.37 Å². The quantitative estimate of drug-likeness (QED) is 0.805. The van der Waals surface area contributed by atoms with Crippen LogP contribution in [-0.4, -0.2) is 15.8 Å². The molecule has 0 atom stereocenters. The van der Waals surface area contributed by atoms with E-state index in [9.17, 15) is 9.18 Å². The zero-order valence-electron chi connectivity index (χ0n) is 10.4. The summed E-state index contributed by atoms with van der Waals surface area (Å²) in [6, 6.07) is 4.37. The number of aryl methyl sites for hydroxylation is 2. The maximum atomic E-state index is 13.1. The molecule has 0 saturated carbocycles. The van der Waals surface area contributed by atoms with Gasteiger partial charge in [-0.15, -0.1) is 0 Å². The van der Waals surface area contributed by atoms with E-state index in [1.54, 1.807) is 19.2 Å². The van der Waals surface area contributed by atoms with Crippen LogP contribution in [0.25, 0.3) is 0 Å². The van der Waals surface area contributed by atoms with Gasteiger partial charge in [0.2, 0.25) is 0 Å². The summed E-state index contributed by atoms with van der Waals surface area (Å²) >= 11 is 5.63. The highest BCUT2D eigenvalue weighted by Gasteiger charge is 2.09. The van der Waals surface area contributed by atoms with Gasteiger partial charge in [-0.1, -0.05) is 11.6 Å². The highest BCUT2D eigenvalue weighted by atomic mass is 35.5. The third kappa shape index (κ3) is 3.58. The van der Waals surface area contributed by atoms with E-state index in [1.807, 2.05) is 0 Å². The summed E-state index contributed by atoms with van der Waals surface area (Å²) in [5.74, 6) is -0.347. The average molecular weight is 279 g/mol. The molecular formula is C14H12ClFN2O. The van der Waals surface area contributed by atoms with Gasteiger partial charge in [-0.3, -0.25) is 9.78 Å². The van der Waals surface area contributed by atoms with Gasteiger partial charge in [-0.2, -0.15) is 0 Å². The number of Topliss-reactive ketones (excluding diaryl/α,β-unsaturated/α-hetero) is 1. The summed E-state index contributed by atoms with van der Waals surface area (Å²) in [5.41, 5.74) is 1.69. The van der Waals surface area contributed by atoms with Gasteiger partial charge < -0.3 is 0 Å². The van der Waals surface area contributed by atoms with Gasteiger partial charge in [0.1, 0.15) is 11.0 Å². The van der Waals surface area contributed by atoms with Crippen LogP contribution in [0, 0.1) is 12.7 Å². The van der Waals surface area contributed by atoms with Crippen molar-refractivity contribution in [2.45, 2.75) is 19.8 Å². The Bertz CT molecular complexity index is 599. The number of rotatable bonds is 4. The third-order valence-electron chi connectivity index (χ3n) is 2.76. The van der Waals surface area contributed by atoms with Gasteiger partial charge in [-0.05, 0) is 37.1 Å². The Labute approximate surface area is 115 Å². The third-order valence-corrected chi connectivity index (χ3v) is 2.96. The molecule has 2 aromatic rings. The van der Waals surface area contributed by atoms with Crippen molar-refractivity contribution >= 4 is 17.4 Å². The molecule has 0 fully saturated rings. The second kappa shape index (κ2) is 5.89. The predicted molar refractivity (Wildman–Crippen MR) is 70.8 cm³/mol. The van der Waals surface area contributed by atoms with Gasteiger partial charge in [0.15, 0.2) is 5.78 Å². The normalized spacial score (nSPS) is 10.5. The first kappa shape index (κ1) is 13.6. The Morgan fingerprint density at radius 2 is 2.11 bits per heavy atom. The molecule has 0 aliphatic heterocycles. The smallest absolute Gasteiger partial charge is 0.163 e. The van der Waals surface area contributed by atoms with Crippen molar-refractivity contribution in [3.63, 3.8) is 0 Å². The van der Waals surface area contributed by atoms with E-state index >= 15 is 0 Å². The highest BCUT2D eigenvalue weighted by Crippen LogP contribution is 2.12. The van der Waals surface area contributed by atoms with Crippen LogP contribution in [0.15, 0.2) is 30.6 Å². The number of carbonyl (C=O) groups is 1. The van der Waals surface area contributed by atoms with Crippen LogP contribution in [0.2, 0.25) is 5.15 Å². The second-order valence-corrected chi connectivity index (χ2v) is 4.60. The van der Waals surface area contributed by atoms with Crippen molar-refractivity contribution in [2.75, 3.05) is 0 Å². The lowest BCUT2D eigenvalue weighted by Crippen LogP contribution is -2.03. The Morgan fingerprint density at radius 1 is 1.32 bits per heavy atom. The predicted octanol–water partition coefficient (Wildman–Crippen LogP) is 3.39. The molecule has 0 radical (unpaired) electrons. The van der Waals surface area contributed by atoms with Crippen LogP contribution in [-0.2, 0) is 6.42 Å². The van der Waals surface area contributed by atoms with Crippen molar-refractivity contribution in [1.82, 2.24) is 9.97 Å². The lowest BCUT2D eigenvalue weighted by Gasteiger charge is -2.03. The summed E-state index contributed by atoms with van der Waals surface area (Å²) in [7, 11) is 0. The average Bonchev–Trinajstić information content (AvgIpc) is 2.41. The van der Waals surface area contributed by atoms with Crippen molar-refractivity contribution in [2.24, 2.45) is 0 Å². The highest BCUT2D eigenvalue weighted by molar-refractivity contribution is 6.29. The molecule has 1 aromatic carbocycles. The number of halogens is 2. The molecular weight excluding hydrogens is 267 g/mol. The van der Waals surface area contributed by atoms with E-state index in [1.165, 1.54) is 18.3 Å². The van der Waals surface area contributed by atoms with Crippen molar-refractivity contribution < 1.29 is 9.18 Å². The SMILES string of the molecule is Cc1cc(C(=O)CCc2cnc(Cl)cn2)ccc1F. The van der Waals surface area contributed by atoms with Gasteiger partial charge in [0, 0.05) is 12.0 Å². The fourth-order valence-electron chi connectivity index (χ4n) is 1.67. The number of aromatic nitrogens is 2. The summed E-state index contributed by atoms with van der Waals surface area (Å²) in [5, 5.41) is 0.323. The Hall–Kier alpha value is -1.81. The molecule has 19 heavy (non-hydrogen) atoms. The minimum Gasteiger partial charge on any atom is -0.294 e. The molecule has 5 heteroatoms. The Balaban J connectivity index is 2.01. The van der Waals surface area contributed by atoms with Crippen LogP contribution in [0.1, 0.15) is 28.0 Å². The number of carbonyl (C=O) groups excluding carboxylic acids is 1. The largest absolute Gasteiger partial charge is 0.294 e. The molecule has 2 rings (SSSR count). The van der Waals surface area contributed by atoms with Crippen molar-refractivity contribution in [3.8, 4) is 0 Å². The number of ketones is 1. The van der Waals surface area contributed by atoms with E-state index in [4.69, 9.17) is 11.6 Å². The lowest BCUT2D eigenvalue weighted by molar-refractivity contribution is 0.0982. The zero-order chi connectivity index (χ0) is 13.8. The molecule has 98 valence electrons. The second-order valence-electron chi connectivity index (χ2n) is 4.22. The minimum atomic E-state index is -0.305. The molecule has 0 bridgehead atoms. The molecule has 0 N–H and O–H groups in total. The van der Waals surface area contributed by atoms with Crippen LogP contribution in [0.3, 0.4) is 0 Å². The molecule has 3 nitrogen and oxygen atoms in total. The van der Waals surface area contributed by atoms with Crippen molar-refractivity contribution in [3.05, 3.63) is 58.4 Å². The van der Waals surface area contributed by atoms with E-state index < -0.39 is 0 Å². The zero-order valence-corrected chi connectivity index (χ0v) is 11.1. The summed E-state index contributed by atoms with van der Waals surface area (Å²) < 4.78 is 13.1. The first-order valence-corrected chi connectivity index (χ1v) is 6.20. The van der Waals surface area contributed by atoms with Crippen molar-refractivity contribution in [1.29, 1.82) is 0 Å². The molecule has 1 aromatic heterocycles. The van der Waals surface area contributed by atoms with Crippen LogP contribution in [0.5, 0.6) is 0 Å². The maximum absolute atomic E-state index is 13.1. The van der Waals surface area contributed by atoms with E-state index in [0.717, 1.165) is 0 Å². The molecule has 0 aliphatic rings. The Kier molecular flexibility index (Phi) is 4.22. The van der Waals surface area contributed by atoms with Crippen LogP contribution < -0.4 is 0 Å². The monoisotopic (exact) mass is 278 g/mol. The summed E-state index contributed by atoms with van der Waals surface area (Å²) in [4.78, 5) is 19.9. The molecule has 1 heterocycles. The number of nitrogens with zero attached hydrogens (tertiary/aromatic N) is 2. The van der Waals surface area contributed by atoms with Gasteiger partial charge >= 0.3 is 0 Å². The molecule has 0 amide bonds. The van der Waals surface area contributed by atoms with Crippen LogP contribution >= 0.6 is 11.6 Å².